The molecule has 5 atom stereocenters. The van der Waals surface area contributed by atoms with E-state index in [0.717, 1.165) is 24.6 Å². The van der Waals surface area contributed by atoms with Crippen molar-refractivity contribution in [2.45, 2.75) is 61.6 Å². The molecule has 0 radical (unpaired) electrons. The molecule has 6 rings (SSSR count). The highest BCUT2D eigenvalue weighted by Gasteiger charge is 2.72. The zero-order chi connectivity index (χ0) is 25.2. The Labute approximate surface area is 204 Å². The molecule has 2 amide bonds. The van der Waals surface area contributed by atoms with E-state index in [4.69, 9.17) is 4.99 Å². The molecular formula is C24H26F4N6O2. The first kappa shape index (κ1) is 23.3. The number of carbonyl (C=O) groups excluding carboxylic acids is 1. The van der Waals surface area contributed by atoms with Crippen molar-refractivity contribution in [2.24, 2.45) is 10.1 Å². The average Bonchev–Trinajstić information content (AvgIpc) is 3.11. The number of aliphatic hydroxyl groups excluding tert-OH is 1. The average molecular weight is 507 g/mol. The molecule has 2 saturated heterocycles. The van der Waals surface area contributed by atoms with Crippen LogP contribution in [0, 0.1) is 5.82 Å². The van der Waals surface area contributed by atoms with Gasteiger partial charge in [0.2, 0.25) is 0 Å². The molecule has 4 heterocycles. The van der Waals surface area contributed by atoms with Crippen molar-refractivity contribution < 1.29 is 27.5 Å². The number of aliphatic imine (C=N–C) groups is 1. The molecule has 192 valence electrons. The minimum absolute atomic E-state index is 0.0982. The number of hydrazone groups is 1. The predicted molar refractivity (Wildman–Crippen MR) is 123 cm³/mol. The smallest absolute Gasteiger partial charge is 0.391 e. The Morgan fingerprint density at radius 1 is 1.19 bits per heavy atom. The number of amidine groups is 1. The molecule has 0 bridgehead atoms. The van der Waals surface area contributed by atoms with Crippen molar-refractivity contribution in [3.05, 3.63) is 47.4 Å². The van der Waals surface area contributed by atoms with Crippen LogP contribution >= 0.6 is 0 Å². The number of aliphatic hydroxyl groups is 1. The molecule has 2 N–H and O–H groups in total. The summed E-state index contributed by atoms with van der Waals surface area (Å²) in [6.07, 6.45) is 2.39. The lowest BCUT2D eigenvalue weighted by Gasteiger charge is -2.31. The van der Waals surface area contributed by atoms with Crippen molar-refractivity contribution in [1.29, 1.82) is 0 Å². The van der Waals surface area contributed by atoms with E-state index in [1.165, 1.54) is 0 Å². The van der Waals surface area contributed by atoms with Gasteiger partial charge in [0, 0.05) is 25.8 Å². The number of urea groups is 1. The van der Waals surface area contributed by atoms with Crippen LogP contribution in [0.15, 0.2) is 40.6 Å². The number of β-amino-alcohol motifs (C(OH)–C–C–N with tert-alkyl or cyclic N) is 1. The molecule has 4 aliphatic heterocycles. The fraction of sp³-hybridized carbons (Fsp3) is 0.542. The van der Waals surface area contributed by atoms with Crippen molar-refractivity contribution in [3.63, 3.8) is 0 Å². The lowest BCUT2D eigenvalue weighted by atomic mass is 9.97. The molecule has 3 fully saturated rings. The maximum atomic E-state index is 14.0. The minimum Gasteiger partial charge on any atom is -0.391 e. The van der Waals surface area contributed by atoms with Crippen LogP contribution in [0.4, 0.5) is 22.4 Å². The molecule has 12 heteroatoms. The fourth-order valence-electron chi connectivity index (χ4n) is 5.94. The van der Waals surface area contributed by atoms with E-state index in [-0.39, 0.29) is 30.2 Å². The van der Waals surface area contributed by atoms with Crippen LogP contribution in [-0.4, -0.2) is 81.4 Å². The number of nitrogens with zero attached hydrogens (tertiary/aromatic N) is 5. The zero-order valence-electron chi connectivity index (χ0n) is 19.3. The number of piperidine rings is 1. The Morgan fingerprint density at radius 3 is 2.78 bits per heavy atom. The molecule has 0 spiro atoms. The summed E-state index contributed by atoms with van der Waals surface area (Å²) >= 11 is 0. The van der Waals surface area contributed by atoms with Gasteiger partial charge in [0.05, 0.1) is 23.9 Å². The third-order valence-corrected chi connectivity index (χ3v) is 7.74. The number of rotatable bonds is 2. The van der Waals surface area contributed by atoms with Crippen LogP contribution in [0.1, 0.15) is 42.9 Å². The van der Waals surface area contributed by atoms with Gasteiger partial charge >= 0.3 is 12.2 Å². The van der Waals surface area contributed by atoms with Crippen LogP contribution in [-0.2, 0) is 6.18 Å². The summed E-state index contributed by atoms with van der Waals surface area (Å²) in [6, 6.07) is 1.02. The van der Waals surface area contributed by atoms with E-state index in [9.17, 15) is 27.5 Å². The van der Waals surface area contributed by atoms with Crippen molar-refractivity contribution in [3.8, 4) is 0 Å². The lowest BCUT2D eigenvalue weighted by molar-refractivity contribution is -0.138. The predicted octanol–water partition coefficient (Wildman–Crippen LogP) is 2.86. The van der Waals surface area contributed by atoms with Crippen LogP contribution in [0.5, 0.6) is 0 Å². The van der Waals surface area contributed by atoms with Crippen LogP contribution < -0.4 is 5.32 Å². The summed E-state index contributed by atoms with van der Waals surface area (Å²) < 4.78 is 55.2. The van der Waals surface area contributed by atoms with Gasteiger partial charge in [0.25, 0.3) is 0 Å². The Hall–Kier alpha value is -3.15. The minimum atomic E-state index is -4.60. The third-order valence-electron chi connectivity index (χ3n) is 7.74. The SMILES string of the molecule is O=C(NC12C=NN3C=CC(N4CCC[C@@H]4c4cc(F)ccc4C(F)(F)F)=NC1C32)N1CCC[C@H](O)C1. The van der Waals surface area contributed by atoms with Gasteiger partial charge in [-0.3, -0.25) is 10.0 Å². The Morgan fingerprint density at radius 2 is 2.00 bits per heavy atom. The number of fused-ring (bicyclic) bond motifs is 1. The van der Waals surface area contributed by atoms with Crippen molar-refractivity contribution >= 4 is 18.1 Å². The molecule has 36 heavy (non-hydrogen) atoms. The van der Waals surface area contributed by atoms with Gasteiger partial charge in [-0.1, -0.05) is 0 Å². The maximum Gasteiger partial charge on any atom is 0.416 e. The van der Waals surface area contributed by atoms with Gasteiger partial charge in [-0.2, -0.15) is 18.3 Å². The Kier molecular flexibility index (Phi) is 5.29. The first-order valence-electron chi connectivity index (χ1n) is 12.2. The molecule has 0 aromatic heterocycles. The van der Waals surface area contributed by atoms with Gasteiger partial charge in [0.1, 0.15) is 29.3 Å². The Balaban J connectivity index is 1.27. The van der Waals surface area contributed by atoms with Gasteiger partial charge < -0.3 is 20.2 Å². The summed E-state index contributed by atoms with van der Waals surface area (Å²) in [6.45, 7) is 1.29. The molecule has 1 saturated carbocycles. The number of hydrogen-bond acceptors (Lipinski definition) is 6. The first-order valence-corrected chi connectivity index (χ1v) is 12.2. The number of amides is 2. The highest BCUT2D eigenvalue weighted by Crippen LogP contribution is 2.49. The number of benzene rings is 1. The van der Waals surface area contributed by atoms with Gasteiger partial charge in [-0.25, -0.2) is 9.18 Å². The fourth-order valence-corrected chi connectivity index (χ4v) is 5.94. The summed E-state index contributed by atoms with van der Waals surface area (Å²) in [5.74, 6) is -0.227. The molecular weight excluding hydrogens is 480 g/mol. The quantitative estimate of drug-likeness (QED) is 0.605. The number of hydrogen-bond donors (Lipinski definition) is 2. The monoisotopic (exact) mass is 506 g/mol. The molecule has 5 aliphatic rings. The van der Waals surface area contributed by atoms with E-state index >= 15 is 0 Å². The number of likely N-dealkylation sites (tertiary alicyclic amines) is 2. The van der Waals surface area contributed by atoms with Gasteiger partial charge in [-0.05, 0) is 55.5 Å². The van der Waals surface area contributed by atoms with E-state index in [2.05, 4.69) is 10.4 Å². The summed E-state index contributed by atoms with van der Waals surface area (Å²) in [7, 11) is 0. The first-order chi connectivity index (χ1) is 17.2. The number of carbonyl (C=O) groups is 1. The zero-order valence-corrected chi connectivity index (χ0v) is 19.3. The van der Waals surface area contributed by atoms with E-state index < -0.39 is 35.2 Å². The van der Waals surface area contributed by atoms with Crippen molar-refractivity contribution in [1.82, 2.24) is 20.1 Å². The largest absolute Gasteiger partial charge is 0.416 e. The molecule has 8 nitrogen and oxygen atoms in total. The second-order valence-corrected chi connectivity index (χ2v) is 10.0. The second-order valence-electron chi connectivity index (χ2n) is 10.0. The summed E-state index contributed by atoms with van der Waals surface area (Å²) in [5, 5.41) is 19.0. The maximum absolute atomic E-state index is 14.0. The van der Waals surface area contributed by atoms with Crippen LogP contribution in [0.25, 0.3) is 0 Å². The lowest BCUT2D eigenvalue weighted by Crippen LogP contribution is -2.52. The summed E-state index contributed by atoms with van der Waals surface area (Å²) in [5.41, 5.74) is -1.76. The molecule has 1 aliphatic carbocycles. The highest BCUT2D eigenvalue weighted by atomic mass is 19.4. The van der Waals surface area contributed by atoms with Crippen molar-refractivity contribution in [2.75, 3.05) is 19.6 Å². The van der Waals surface area contributed by atoms with E-state index in [0.29, 0.717) is 38.2 Å². The van der Waals surface area contributed by atoms with E-state index in [1.807, 2.05) is 0 Å². The Bertz CT molecular complexity index is 1170. The number of alkyl halides is 3. The second kappa shape index (κ2) is 8.19. The molecule has 1 aromatic rings. The number of nitrogens with one attached hydrogen (secondary N) is 1. The van der Waals surface area contributed by atoms with Gasteiger partial charge in [-0.15, -0.1) is 0 Å². The number of halogens is 4. The topological polar surface area (TPSA) is 83.8 Å². The van der Waals surface area contributed by atoms with E-state index in [1.54, 1.807) is 33.3 Å². The highest BCUT2D eigenvalue weighted by molar-refractivity contribution is 5.97. The molecule has 3 unspecified atom stereocenters. The normalized spacial score (nSPS) is 32.9. The van der Waals surface area contributed by atoms with Crippen LogP contribution in [0.3, 0.4) is 0 Å². The third kappa shape index (κ3) is 3.73. The summed E-state index contributed by atoms with van der Waals surface area (Å²) in [4.78, 5) is 21.2. The standard InChI is InChI=1S/C24H26F4N6O2/c25-14-5-6-17(24(26,27)28)16(11-14)18-4-2-9-33(18)19-7-10-34-21-20(30-19)23(21,13-29-34)31-22(36)32-8-1-3-15(35)12-32/h5-7,10-11,13,15,18,20-21,35H,1-4,8-9,12H2,(H,31,36)/t15-,18+,20?,21?,23?/m0/s1. The van der Waals surface area contributed by atoms with Crippen LogP contribution in [0.2, 0.25) is 0 Å². The van der Waals surface area contributed by atoms with Gasteiger partial charge in [0.15, 0.2) is 0 Å². The molecule has 1 aromatic carbocycles.